The lowest BCUT2D eigenvalue weighted by molar-refractivity contribution is -0.384. The van der Waals surface area contributed by atoms with Gasteiger partial charge in [-0.3, -0.25) is 10.1 Å². The van der Waals surface area contributed by atoms with Crippen molar-refractivity contribution in [1.82, 2.24) is 0 Å². The van der Waals surface area contributed by atoms with Crippen LogP contribution in [0.4, 0.5) is 5.69 Å². The van der Waals surface area contributed by atoms with Crippen molar-refractivity contribution >= 4 is 46.8 Å². The molecular formula is C25H18Cl2N2O6. The molecule has 3 aromatic rings. The van der Waals surface area contributed by atoms with Gasteiger partial charge >= 0.3 is 5.97 Å². The summed E-state index contributed by atoms with van der Waals surface area (Å²) >= 11 is 12.5. The largest absolute Gasteiger partial charge is 0.490 e. The molecule has 1 heterocycles. The van der Waals surface area contributed by atoms with Crippen LogP contribution in [0.15, 0.2) is 71.4 Å². The molecule has 0 spiro atoms. The molecule has 8 nitrogen and oxygen atoms in total. The first-order valence-corrected chi connectivity index (χ1v) is 11.2. The van der Waals surface area contributed by atoms with Gasteiger partial charge in [-0.15, -0.1) is 0 Å². The van der Waals surface area contributed by atoms with Gasteiger partial charge < -0.3 is 14.2 Å². The number of esters is 1. The SMILES string of the molecule is CCOc1cc(/C=C2/N=C(c3ccc([N+](=O)[O-])cc3)OC2=O)cc(Cl)c1OCc1cccc(Cl)c1. The second-order valence-corrected chi connectivity index (χ2v) is 8.17. The molecule has 3 aromatic carbocycles. The van der Waals surface area contributed by atoms with Crippen LogP contribution in [0.25, 0.3) is 6.08 Å². The Morgan fingerprint density at radius 3 is 2.54 bits per heavy atom. The summed E-state index contributed by atoms with van der Waals surface area (Å²) in [7, 11) is 0. The number of carbonyl (C=O) groups is 1. The molecule has 0 saturated heterocycles. The van der Waals surface area contributed by atoms with E-state index in [4.69, 9.17) is 37.4 Å². The summed E-state index contributed by atoms with van der Waals surface area (Å²) in [5.41, 5.74) is 1.82. The molecule has 0 N–H and O–H groups in total. The maximum atomic E-state index is 12.4. The first-order chi connectivity index (χ1) is 16.8. The number of cyclic esters (lactones) is 1. The Morgan fingerprint density at radius 2 is 1.86 bits per heavy atom. The van der Waals surface area contributed by atoms with Crippen molar-refractivity contribution in [2.45, 2.75) is 13.5 Å². The average molecular weight is 513 g/mol. The molecule has 0 bridgehead atoms. The minimum atomic E-state index is -0.659. The highest BCUT2D eigenvalue weighted by atomic mass is 35.5. The van der Waals surface area contributed by atoms with Crippen molar-refractivity contribution in [2.75, 3.05) is 6.61 Å². The fourth-order valence-electron chi connectivity index (χ4n) is 3.27. The van der Waals surface area contributed by atoms with Crippen molar-refractivity contribution in [2.24, 2.45) is 4.99 Å². The third-order valence-electron chi connectivity index (χ3n) is 4.85. The molecule has 1 aliphatic rings. The predicted octanol–water partition coefficient (Wildman–Crippen LogP) is 6.22. The summed E-state index contributed by atoms with van der Waals surface area (Å²) < 4.78 is 16.9. The summed E-state index contributed by atoms with van der Waals surface area (Å²) in [5, 5.41) is 11.7. The van der Waals surface area contributed by atoms with E-state index in [9.17, 15) is 14.9 Å². The van der Waals surface area contributed by atoms with E-state index in [1.165, 1.54) is 30.3 Å². The number of nitro groups is 1. The lowest BCUT2D eigenvalue weighted by Crippen LogP contribution is -2.05. The lowest BCUT2D eigenvalue weighted by atomic mass is 10.1. The Kier molecular flexibility index (Phi) is 7.33. The normalized spacial score (nSPS) is 14.0. The third-order valence-corrected chi connectivity index (χ3v) is 5.37. The lowest BCUT2D eigenvalue weighted by Gasteiger charge is -2.14. The Bertz CT molecular complexity index is 1350. The summed E-state index contributed by atoms with van der Waals surface area (Å²) in [4.78, 5) is 26.9. The predicted molar refractivity (Wildman–Crippen MR) is 132 cm³/mol. The maximum absolute atomic E-state index is 12.4. The second-order valence-electron chi connectivity index (χ2n) is 7.32. The standard InChI is InChI=1S/C25H18Cl2N2O6/c1-2-33-22-13-16(11-20(27)23(22)34-14-15-4-3-5-18(26)10-15)12-21-25(30)35-24(28-21)17-6-8-19(9-7-17)29(31)32/h3-13H,2,14H2,1H3/b21-12+. The Balaban J connectivity index is 1.59. The summed E-state index contributed by atoms with van der Waals surface area (Å²) in [6.07, 6.45) is 1.51. The van der Waals surface area contributed by atoms with E-state index in [0.717, 1.165) is 5.56 Å². The van der Waals surface area contributed by atoms with Crippen molar-refractivity contribution in [3.63, 3.8) is 0 Å². The van der Waals surface area contributed by atoms with Crippen LogP contribution in [0.3, 0.4) is 0 Å². The van der Waals surface area contributed by atoms with Crippen molar-refractivity contribution in [3.8, 4) is 11.5 Å². The molecule has 0 unspecified atom stereocenters. The van der Waals surface area contributed by atoms with E-state index in [-0.39, 0.29) is 28.9 Å². The number of hydrogen-bond acceptors (Lipinski definition) is 7. The molecule has 0 saturated carbocycles. The molecule has 0 fully saturated rings. The van der Waals surface area contributed by atoms with Crippen LogP contribution in [0.5, 0.6) is 11.5 Å². The van der Waals surface area contributed by atoms with Gasteiger partial charge in [0.05, 0.1) is 16.6 Å². The molecule has 35 heavy (non-hydrogen) atoms. The quantitative estimate of drug-likeness (QED) is 0.153. The minimum Gasteiger partial charge on any atom is -0.490 e. The Labute approximate surface area is 210 Å². The van der Waals surface area contributed by atoms with E-state index in [0.29, 0.717) is 34.3 Å². The van der Waals surface area contributed by atoms with E-state index in [1.54, 1.807) is 24.3 Å². The number of halogens is 2. The summed E-state index contributed by atoms with van der Waals surface area (Å²) in [5.74, 6) is 0.155. The topological polar surface area (TPSA) is 100 Å². The number of nitrogens with zero attached hydrogens (tertiary/aromatic N) is 2. The molecule has 178 valence electrons. The molecule has 0 aliphatic carbocycles. The molecular weight excluding hydrogens is 495 g/mol. The zero-order valence-electron chi connectivity index (χ0n) is 18.4. The van der Waals surface area contributed by atoms with Gasteiger partial charge in [0.2, 0.25) is 5.90 Å². The summed E-state index contributed by atoms with van der Waals surface area (Å²) in [6, 6.07) is 16.1. The van der Waals surface area contributed by atoms with Gasteiger partial charge in [-0.25, -0.2) is 9.79 Å². The van der Waals surface area contributed by atoms with Gasteiger partial charge in [0.25, 0.3) is 5.69 Å². The van der Waals surface area contributed by atoms with Gasteiger partial charge in [0, 0.05) is 22.7 Å². The highest BCUT2D eigenvalue weighted by Crippen LogP contribution is 2.38. The van der Waals surface area contributed by atoms with Crippen LogP contribution < -0.4 is 9.47 Å². The Morgan fingerprint density at radius 1 is 1.09 bits per heavy atom. The maximum Gasteiger partial charge on any atom is 0.363 e. The highest BCUT2D eigenvalue weighted by molar-refractivity contribution is 6.32. The molecule has 1 aliphatic heterocycles. The molecule has 4 rings (SSSR count). The number of non-ortho nitro benzene ring substituents is 1. The van der Waals surface area contributed by atoms with Crippen LogP contribution in [-0.2, 0) is 16.1 Å². The molecule has 0 atom stereocenters. The smallest absolute Gasteiger partial charge is 0.363 e. The van der Waals surface area contributed by atoms with E-state index < -0.39 is 10.9 Å². The molecule has 10 heteroatoms. The van der Waals surface area contributed by atoms with E-state index in [2.05, 4.69) is 4.99 Å². The van der Waals surface area contributed by atoms with Gasteiger partial charge in [-0.05, 0) is 60.5 Å². The van der Waals surface area contributed by atoms with Gasteiger partial charge in [0.1, 0.15) is 6.61 Å². The van der Waals surface area contributed by atoms with Gasteiger partial charge in [0.15, 0.2) is 17.2 Å². The Hall–Kier alpha value is -3.88. The van der Waals surface area contributed by atoms with Crippen LogP contribution >= 0.6 is 23.2 Å². The number of ether oxygens (including phenoxy) is 3. The van der Waals surface area contributed by atoms with Gasteiger partial charge in [-0.1, -0.05) is 35.3 Å². The average Bonchev–Trinajstić information content (AvgIpc) is 3.19. The van der Waals surface area contributed by atoms with Crippen molar-refractivity contribution in [1.29, 1.82) is 0 Å². The highest BCUT2D eigenvalue weighted by Gasteiger charge is 2.25. The van der Waals surface area contributed by atoms with Crippen LogP contribution in [0.1, 0.15) is 23.6 Å². The van der Waals surface area contributed by atoms with Crippen LogP contribution in [0.2, 0.25) is 10.0 Å². The minimum absolute atomic E-state index is 0.0458. The second kappa shape index (κ2) is 10.6. The van der Waals surface area contributed by atoms with E-state index >= 15 is 0 Å². The number of aliphatic imine (C=N–C) groups is 1. The zero-order valence-corrected chi connectivity index (χ0v) is 19.9. The fraction of sp³-hybridized carbons (Fsp3) is 0.120. The third kappa shape index (κ3) is 5.79. The van der Waals surface area contributed by atoms with Crippen LogP contribution in [-0.4, -0.2) is 23.4 Å². The molecule has 0 radical (unpaired) electrons. The van der Waals surface area contributed by atoms with Gasteiger partial charge in [-0.2, -0.15) is 0 Å². The van der Waals surface area contributed by atoms with E-state index in [1.807, 2.05) is 19.1 Å². The fourth-order valence-corrected chi connectivity index (χ4v) is 3.76. The number of carbonyl (C=O) groups excluding carboxylic acids is 1. The number of hydrogen-bond donors (Lipinski definition) is 0. The monoisotopic (exact) mass is 512 g/mol. The van der Waals surface area contributed by atoms with Crippen LogP contribution in [0, 0.1) is 10.1 Å². The first kappa shape index (κ1) is 24.3. The first-order valence-electron chi connectivity index (χ1n) is 10.4. The summed E-state index contributed by atoms with van der Waals surface area (Å²) in [6.45, 7) is 2.43. The molecule has 0 amide bonds. The molecule has 0 aromatic heterocycles. The number of nitro benzene ring substituents is 1. The zero-order chi connectivity index (χ0) is 24.9. The number of benzene rings is 3. The van der Waals surface area contributed by atoms with Crippen molar-refractivity contribution < 1.29 is 23.9 Å². The van der Waals surface area contributed by atoms with Crippen molar-refractivity contribution in [3.05, 3.63) is 103 Å². The number of rotatable bonds is 8.